The van der Waals surface area contributed by atoms with Gasteiger partial charge in [0, 0.05) is 5.46 Å². The quantitative estimate of drug-likeness (QED) is 0.663. The summed E-state index contributed by atoms with van der Waals surface area (Å²) in [5, 5.41) is 18.4. The van der Waals surface area contributed by atoms with Crippen LogP contribution >= 0.6 is 0 Å². The topological polar surface area (TPSA) is 68.2 Å². The van der Waals surface area contributed by atoms with Crippen molar-refractivity contribution in [1.29, 1.82) is 0 Å². The molecule has 0 aliphatic carbocycles. The molecule has 1 saturated heterocycles. The molecular formula is C11H15BO5. The standard InChI is InChI=1S/C11H15BO5/c1-15-11-3-2-8(4-10(11)12(13)14)5-17-9-6-16-7-9/h2-4,9,13-14H,5-7H2,1H3. The van der Waals surface area contributed by atoms with Crippen LogP contribution in [0.2, 0.25) is 0 Å². The molecule has 2 N–H and O–H groups in total. The summed E-state index contributed by atoms with van der Waals surface area (Å²) in [4.78, 5) is 0. The van der Waals surface area contributed by atoms with Gasteiger partial charge in [0.1, 0.15) is 11.9 Å². The van der Waals surface area contributed by atoms with E-state index in [0.717, 1.165) is 5.56 Å². The smallest absolute Gasteiger partial charge is 0.492 e. The molecule has 92 valence electrons. The maximum absolute atomic E-state index is 9.21. The summed E-state index contributed by atoms with van der Waals surface area (Å²) >= 11 is 0. The summed E-state index contributed by atoms with van der Waals surface area (Å²) in [7, 11) is -0.0553. The summed E-state index contributed by atoms with van der Waals surface area (Å²) < 4.78 is 15.6. The maximum Gasteiger partial charge on any atom is 0.492 e. The Morgan fingerprint density at radius 3 is 2.71 bits per heavy atom. The van der Waals surface area contributed by atoms with Crippen LogP contribution < -0.4 is 10.2 Å². The molecule has 0 aromatic heterocycles. The first-order valence-electron chi connectivity index (χ1n) is 5.43. The van der Waals surface area contributed by atoms with E-state index in [1.807, 2.05) is 6.07 Å². The summed E-state index contributed by atoms with van der Waals surface area (Å²) in [6.45, 7) is 1.69. The first-order valence-corrected chi connectivity index (χ1v) is 5.43. The van der Waals surface area contributed by atoms with Gasteiger partial charge in [-0.1, -0.05) is 12.1 Å². The highest BCUT2D eigenvalue weighted by Gasteiger charge is 2.20. The Labute approximate surface area is 100 Å². The zero-order valence-corrected chi connectivity index (χ0v) is 9.63. The minimum Gasteiger partial charge on any atom is -0.497 e. The fraction of sp³-hybridized carbons (Fsp3) is 0.455. The van der Waals surface area contributed by atoms with E-state index in [0.29, 0.717) is 31.0 Å². The third kappa shape index (κ3) is 2.98. The first-order chi connectivity index (χ1) is 8.20. The minimum absolute atomic E-state index is 0.152. The molecule has 17 heavy (non-hydrogen) atoms. The van der Waals surface area contributed by atoms with E-state index in [1.54, 1.807) is 12.1 Å². The number of benzene rings is 1. The van der Waals surface area contributed by atoms with E-state index in [4.69, 9.17) is 14.2 Å². The van der Waals surface area contributed by atoms with E-state index < -0.39 is 7.12 Å². The molecule has 0 amide bonds. The van der Waals surface area contributed by atoms with Crippen molar-refractivity contribution < 1.29 is 24.3 Å². The summed E-state index contributed by atoms with van der Waals surface area (Å²) in [6, 6.07) is 5.21. The molecule has 1 aliphatic heterocycles. The number of hydrogen-bond acceptors (Lipinski definition) is 5. The molecule has 0 bridgehead atoms. The van der Waals surface area contributed by atoms with E-state index in [1.165, 1.54) is 7.11 Å². The minimum atomic E-state index is -1.54. The zero-order chi connectivity index (χ0) is 12.3. The SMILES string of the molecule is COc1ccc(COC2COC2)cc1B(O)O. The Bertz CT molecular complexity index is 378. The molecule has 1 aromatic rings. The second kappa shape index (κ2) is 5.51. The lowest BCUT2D eigenvalue weighted by molar-refractivity contribution is -0.135. The summed E-state index contributed by atoms with van der Waals surface area (Å²) in [6.07, 6.45) is 0.152. The predicted octanol–water partition coefficient (Wildman–Crippen LogP) is -0.710. The Morgan fingerprint density at radius 2 is 2.18 bits per heavy atom. The highest BCUT2D eigenvalue weighted by Crippen LogP contribution is 2.13. The highest BCUT2D eigenvalue weighted by atomic mass is 16.6. The van der Waals surface area contributed by atoms with Gasteiger partial charge in [0.25, 0.3) is 0 Å². The molecule has 1 aliphatic rings. The van der Waals surface area contributed by atoms with Crippen molar-refractivity contribution in [1.82, 2.24) is 0 Å². The van der Waals surface area contributed by atoms with Crippen LogP contribution in [0.5, 0.6) is 5.75 Å². The van der Waals surface area contributed by atoms with Crippen molar-refractivity contribution >= 4 is 12.6 Å². The van der Waals surface area contributed by atoms with E-state index in [2.05, 4.69) is 0 Å². The molecule has 0 atom stereocenters. The van der Waals surface area contributed by atoms with Gasteiger partial charge in [-0.2, -0.15) is 0 Å². The molecule has 0 saturated carbocycles. The molecule has 2 rings (SSSR count). The third-order valence-electron chi connectivity index (χ3n) is 2.67. The van der Waals surface area contributed by atoms with Gasteiger partial charge in [0.15, 0.2) is 0 Å². The molecule has 1 heterocycles. The fourth-order valence-corrected chi connectivity index (χ4v) is 1.60. The van der Waals surface area contributed by atoms with Crippen molar-refractivity contribution in [3.05, 3.63) is 23.8 Å². The lowest BCUT2D eigenvalue weighted by Gasteiger charge is -2.26. The van der Waals surface area contributed by atoms with Gasteiger partial charge in [-0.05, 0) is 11.6 Å². The molecule has 5 nitrogen and oxygen atoms in total. The van der Waals surface area contributed by atoms with Crippen molar-refractivity contribution in [2.45, 2.75) is 12.7 Å². The largest absolute Gasteiger partial charge is 0.497 e. The number of ether oxygens (including phenoxy) is 3. The second-order valence-electron chi connectivity index (χ2n) is 3.92. The van der Waals surface area contributed by atoms with Crippen molar-refractivity contribution in [2.24, 2.45) is 0 Å². The van der Waals surface area contributed by atoms with Crippen LogP contribution in [0.1, 0.15) is 5.56 Å². The lowest BCUT2D eigenvalue weighted by atomic mass is 9.79. The van der Waals surface area contributed by atoms with Gasteiger partial charge < -0.3 is 24.3 Å². The van der Waals surface area contributed by atoms with E-state index in [-0.39, 0.29) is 6.10 Å². The van der Waals surface area contributed by atoms with Crippen LogP contribution in [-0.4, -0.2) is 43.6 Å². The van der Waals surface area contributed by atoms with Gasteiger partial charge in [0.05, 0.1) is 26.9 Å². The molecule has 0 radical (unpaired) electrons. The summed E-state index contributed by atoms with van der Waals surface area (Å²) in [5.74, 6) is 0.454. The number of methoxy groups -OCH3 is 1. The zero-order valence-electron chi connectivity index (χ0n) is 9.63. The predicted molar refractivity (Wildman–Crippen MR) is 62.2 cm³/mol. The van der Waals surface area contributed by atoms with E-state index in [9.17, 15) is 10.0 Å². The van der Waals surface area contributed by atoms with Gasteiger partial charge >= 0.3 is 7.12 Å². The summed E-state index contributed by atoms with van der Waals surface area (Å²) in [5.41, 5.74) is 1.22. The van der Waals surface area contributed by atoms with Gasteiger partial charge in [-0.25, -0.2) is 0 Å². The molecule has 6 heteroatoms. The van der Waals surface area contributed by atoms with Crippen LogP contribution in [-0.2, 0) is 16.1 Å². The lowest BCUT2D eigenvalue weighted by Crippen LogP contribution is -2.36. The Kier molecular flexibility index (Phi) is 4.01. The normalized spacial score (nSPS) is 15.5. The second-order valence-corrected chi connectivity index (χ2v) is 3.92. The van der Waals surface area contributed by atoms with Crippen molar-refractivity contribution in [2.75, 3.05) is 20.3 Å². The van der Waals surface area contributed by atoms with Crippen molar-refractivity contribution in [3.8, 4) is 5.75 Å². The molecule has 0 unspecified atom stereocenters. The molecule has 1 aromatic carbocycles. The fourth-order valence-electron chi connectivity index (χ4n) is 1.60. The third-order valence-corrected chi connectivity index (χ3v) is 2.67. The van der Waals surface area contributed by atoms with Crippen molar-refractivity contribution in [3.63, 3.8) is 0 Å². The van der Waals surface area contributed by atoms with Gasteiger partial charge in [-0.15, -0.1) is 0 Å². The number of rotatable bonds is 5. The van der Waals surface area contributed by atoms with Crippen LogP contribution in [0, 0.1) is 0 Å². The Hall–Kier alpha value is -1.08. The molecular weight excluding hydrogens is 223 g/mol. The van der Waals surface area contributed by atoms with Crippen LogP contribution in [0.25, 0.3) is 0 Å². The monoisotopic (exact) mass is 238 g/mol. The van der Waals surface area contributed by atoms with Crippen LogP contribution in [0.3, 0.4) is 0 Å². The first kappa shape index (κ1) is 12.4. The highest BCUT2D eigenvalue weighted by molar-refractivity contribution is 6.59. The maximum atomic E-state index is 9.21. The molecule has 1 fully saturated rings. The van der Waals surface area contributed by atoms with Crippen LogP contribution in [0.4, 0.5) is 0 Å². The molecule has 0 spiro atoms. The van der Waals surface area contributed by atoms with Crippen LogP contribution in [0.15, 0.2) is 18.2 Å². The Balaban J connectivity index is 2.04. The van der Waals surface area contributed by atoms with E-state index >= 15 is 0 Å². The Morgan fingerprint density at radius 1 is 1.41 bits per heavy atom. The number of hydrogen-bond donors (Lipinski definition) is 2. The van der Waals surface area contributed by atoms with Gasteiger partial charge in [0.2, 0.25) is 0 Å². The van der Waals surface area contributed by atoms with Gasteiger partial charge in [-0.3, -0.25) is 0 Å². The average molecular weight is 238 g/mol. The average Bonchev–Trinajstić information content (AvgIpc) is 2.26.